The first-order valence-corrected chi connectivity index (χ1v) is 9.79. The Bertz CT molecular complexity index is 1250. The van der Waals surface area contributed by atoms with E-state index >= 15 is 0 Å². The quantitative estimate of drug-likeness (QED) is 0.473. The summed E-state index contributed by atoms with van der Waals surface area (Å²) in [5, 5.41) is 0. The minimum absolute atomic E-state index is 0.166. The fourth-order valence-corrected chi connectivity index (χ4v) is 4.48. The molecule has 2 aliphatic rings. The van der Waals surface area contributed by atoms with Crippen molar-refractivity contribution in [2.24, 2.45) is 4.99 Å². The Labute approximate surface area is 168 Å². The summed E-state index contributed by atoms with van der Waals surface area (Å²) in [6.07, 6.45) is 9.94. The van der Waals surface area contributed by atoms with Gasteiger partial charge in [0, 0.05) is 53.5 Å². The molecule has 138 valence electrons. The van der Waals surface area contributed by atoms with Crippen molar-refractivity contribution in [2.45, 2.75) is 11.8 Å². The number of pyridine rings is 1. The van der Waals surface area contributed by atoms with Gasteiger partial charge < -0.3 is 0 Å². The zero-order chi connectivity index (χ0) is 19.2. The van der Waals surface area contributed by atoms with E-state index in [0.29, 0.717) is 0 Å². The highest BCUT2D eigenvalue weighted by Gasteiger charge is 2.38. The summed E-state index contributed by atoms with van der Waals surface area (Å²) in [7, 11) is 0. The van der Waals surface area contributed by atoms with Crippen LogP contribution in [0.25, 0.3) is 28.3 Å². The third kappa shape index (κ3) is 2.42. The Balaban J connectivity index is 1.72. The van der Waals surface area contributed by atoms with Gasteiger partial charge in [-0.1, -0.05) is 54.6 Å². The van der Waals surface area contributed by atoms with E-state index in [1.54, 1.807) is 0 Å². The maximum Gasteiger partial charge on any atom is 0.145 e. The van der Waals surface area contributed by atoms with Crippen molar-refractivity contribution in [1.29, 1.82) is 0 Å². The molecule has 2 aromatic heterocycles. The molecule has 2 aromatic carbocycles. The SMILES string of the molecule is C1=CC2c3c(nc(-c4ccccc4)n3-c3ccccc3)-c3ccncc3C2C=N1. The fraction of sp³-hybridized carbons (Fsp3) is 0.0800. The second-order valence-electron chi connectivity index (χ2n) is 7.36. The molecule has 0 saturated carbocycles. The predicted octanol–water partition coefficient (Wildman–Crippen LogP) is 5.38. The highest BCUT2D eigenvalue weighted by atomic mass is 15.1. The third-order valence-corrected chi connectivity index (χ3v) is 5.75. The van der Waals surface area contributed by atoms with Gasteiger partial charge in [-0.3, -0.25) is 14.5 Å². The van der Waals surface area contributed by atoms with Crippen LogP contribution in [0, 0.1) is 0 Å². The molecule has 29 heavy (non-hydrogen) atoms. The molecule has 0 bridgehead atoms. The lowest BCUT2D eigenvalue weighted by atomic mass is 9.76. The molecule has 0 fully saturated rings. The smallest absolute Gasteiger partial charge is 0.145 e. The number of benzene rings is 2. The molecular formula is C25H18N4. The molecule has 2 atom stereocenters. The van der Waals surface area contributed by atoms with E-state index in [2.05, 4.69) is 75.2 Å². The molecule has 1 aliphatic heterocycles. The first-order chi connectivity index (χ1) is 14.4. The fourth-order valence-electron chi connectivity index (χ4n) is 4.48. The normalized spacial score (nSPS) is 18.8. The van der Waals surface area contributed by atoms with Crippen LogP contribution in [0.1, 0.15) is 23.1 Å². The number of rotatable bonds is 2. The van der Waals surface area contributed by atoms with Crippen molar-refractivity contribution in [1.82, 2.24) is 14.5 Å². The lowest BCUT2D eigenvalue weighted by Crippen LogP contribution is -2.21. The topological polar surface area (TPSA) is 43.1 Å². The van der Waals surface area contributed by atoms with E-state index in [9.17, 15) is 0 Å². The molecule has 0 saturated heterocycles. The highest BCUT2D eigenvalue weighted by molar-refractivity contribution is 5.84. The van der Waals surface area contributed by atoms with Gasteiger partial charge in [0.1, 0.15) is 5.82 Å². The van der Waals surface area contributed by atoms with Crippen molar-refractivity contribution in [2.75, 3.05) is 0 Å². The Morgan fingerprint density at radius 1 is 0.828 bits per heavy atom. The van der Waals surface area contributed by atoms with Gasteiger partial charge in [-0.25, -0.2) is 4.98 Å². The van der Waals surface area contributed by atoms with Crippen LogP contribution in [0.15, 0.2) is 96.4 Å². The van der Waals surface area contributed by atoms with E-state index in [0.717, 1.165) is 28.3 Å². The number of hydrogen-bond acceptors (Lipinski definition) is 3. The van der Waals surface area contributed by atoms with Crippen LogP contribution < -0.4 is 0 Å². The predicted molar refractivity (Wildman–Crippen MR) is 115 cm³/mol. The number of allylic oxidation sites excluding steroid dienone is 1. The van der Waals surface area contributed by atoms with Crippen LogP contribution in [0.3, 0.4) is 0 Å². The summed E-state index contributed by atoms with van der Waals surface area (Å²) in [5.74, 6) is 1.30. The molecule has 4 heteroatoms. The van der Waals surface area contributed by atoms with Crippen LogP contribution in [0.4, 0.5) is 0 Å². The molecule has 1 aliphatic carbocycles. The average Bonchev–Trinajstić information content (AvgIpc) is 3.22. The largest absolute Gasteiger partial charge is 0.295 e. The average molecular weight is 374 g/mol. The summed E-state index contributed by atoms with van der Waals surface area (Å²) < 4.78 is 2.31. The monoisotopic (exact) mass is 374 g/mol. The number of aromatic nitrogens is 3. The Hall–Kier alpha value is -3.79. The summed E-state index contributed by atoms with van der Waals surface area (Å²) in [6.45, 7) is 0. The highest BCUT2D eigenvalue weighted by Crippen LogP contribution is 2.49. The number of nitrogens with zero attached hydrogens (tertiary/aromatic N) is 4. The first-order valence-electron chi connectivity index (χ1n) is 9.79. The van der Waals surface area contributed by atoms with Gasteiger partial charge >= 0.3 is 0 Å². The van der Waals surface area contributed by atoms with Crippen molar-refractivity contribution < 1.29 is 0 Å². The van der Waals surface area contributed by atoms with Gasteiger partial charge in [-0.15, -0.1) is 0 Å². The third-order valence-electron chi connectivity index (χ3n) is 5.75. The van der Waals surface area contributed by atoms with Crippen LogP contribution >= 0.6 is 0 Å². The molecule has 0 amide bonds. The van der Waals surface area contributed by atoms with Crippen LogP contribution in [0.2, 0.25) is 0 Å². The Kier molecular flexibility index (Phi) is 3.56. The van der Waals surface area contributed by atoms with Gasteiger partial charge in [0.25, 0.3) is 0 Å². The molecule has 0 radical (unpaired) electrons. The minimum Gasteiger partial charge on any atom is -0.295 e. The van der Waals surface area contributed by atoms with Crippen molar-refractivity contribution in [3.8, 4) is 28.3 Å². The number of fused-ring (bicyclic) bond motifs is 6. The molecule has 4 aromatic rings. The van der Waals surface area contributed by atoms with E-state index in [1.807, 2.05) is 36.9 Å². The molecule has 4 nitrogen and oxygen atoms in total. The van der Waals surface area contributed by atoms with Crippen molar-refractivity contribution in [3.63, 3.8) is 0 Å². The Morgan fingerprint density at radius 2 is 1.62 bits per heavy atom. The lowest BCUT2D eigenvalue weighted by molar-refractivity contribution is 0.714. The maximum absolute atomic E-state index is 5.19. The van der Waals surface area contributed by atoms with Gasteiger partial charge in [0.15, 0.2) is 0 Å². The first kappa shape index (κ1) is 16.2. The van der Waals surface area contributed by atoms with Gasteiger partial charge in [0.2, 0.25) is 0 Å². The number of para-hydroxylation sites is 1. The molecular weight excluding hydrogens is 356 g/mol. The lowest BCUT2D eigenvalue weighted by Gasteiger charge is -2.31. The van der Waals surface area contributed by atoms with Crippen LogP contribution in [-0.2, 0) is 0 Å². The molecule has 6 rings (SSSR count). The summed E-state index contributed by atoms with van der Waals surface area (Å²) >= 11 is 0. The van der Waals surface area contributed by atoms with E-state index in [1.165, 1.54) is 11.3 Å². The number of imidazole rings is 1. The second-order valence-corrected chi connectivity index (χ2v) is 7.36. The Morgan fingerprint density at radius 3 is 2.45 bits per heavy atom. The minimum atomic E-state index is 0.166. The van der Waals surface area contributed by atoms with Gasteiger partial charge in [0.05, 0.1) is 11.4 Å². The zero-order valence-electron chi connectivity index (χ0n) is 15.7. The standard InChI is InChI=1S/C25H18N4/c1-3-7-17(8-4-1)25-28-23-19-11-13-26-15-21(19)22-16-27-14-12-20(22)24(23)29(25)18-9-5-2-6-10-18/h1-16,20,22H. The van der Waals surface area contributed by atoms with Crippen molar-refractivity contribution >= 4 is 6.21 Å². The van der Waals surface area contributed by atoms with Crippen LogP contribution in [0.5, 0.6) is 0 Å². The molecule has 2 unspecified atom stereocenters. The molecule has 0 N–H and O–H groups in total. The van der Waals surface area contributed by atoms with E-state index < -0.39 is 0 Å². The summed E-state index contributed by atoms with van der Waals surface area (Å²) in [5.41, 5.74) is 6.80. The maximum atomic E-state index is 5.19. The van der Waals surface area contributed by atoms with Crippen LogP contribution in [-0.4, -0.2) is 20.7 Å². The summed E-state index contributed by atoms with van der Waals surface area (Å²) in [4.78, 5) is 14.0. The van der Waals surface area contributed by atoms with Crippen molar-refractivity contribution in [3.05, 3.63) is 103 Å². The van der Waals surface area contributed by atoms with Gasteiger partial charge in [-0.05, 0) is 23.8 Å². The number of aliphatic imine (C=N–C) groups is 1. The van der Waals surface area contributed by atoms with E-state index in [-0.39, 0.29) is 11.8 Å². The summed E-state index contributed by atoms with van der Waals surface area (Å²) in [6, 6.07) is 23.0. The number of hydrogen-bond donors (Lipinski definition) is 0. The zero-order valence-corrected chi connectivity index (χ0v) is 15.7. The second kappa shape index (κ2) is 6.38. The molecule has 0 spiro atoms. The molecule has 3 heterocycles. The van der Waals surface area contributed by atoms with E-state index in [4.69, 9.17) is 4.98 Å². The van der Waals surface area contributed by atoms with Gasteiger partial charge in [-0.2, -0.15) is 0 Å².